The Balaban J connectivity index is 2.58. The maximum Gasteiger partial charge on any atom is 0.157 e. The first-order valence-electron chi connectivity index (χ1n) is 5.17. The maximum absolute atomic E-state index is 11.9. The molecule has 3 N–H and O–H groups in total. The Bertz CT molecular complexity index is 290. The van der Waals surface area contributed by atoms with Crippen molar-refractivity contribution in [1.82, 2.24) is 0 Å². The minimum absolute atomic E-state index is 0.0636. The van der Waals surface area contributed by atoms with Crippen LogP contribution in [0, 0.1) is 0 Å². The van der Waals surface area contributed by atoms with E-state index in [1.54, 1.807) is 6.92 Å². The van der Waals surface area contributed by atoms with Gasteiger partial charge in [-0.25, -0.2) is 8.42 Å². The van der Waals surface area contributed by atoms with Gasteiger partial charge in [-0.15, -0.1) is 0 Å². The summed E-state index contributed by atoms with van der Waals surface area (Å²) in [7, 11) is -3.19. The monoisotopic (exact) mass is 237 g/mol. The van der Waals surface area contributed by atoms with E-state index < -0.39 is 21.1 Å². The predicted octanol–water partition coefficient (Wildman–Crippen LogP) is -0.712. The third kappa shape index (κ3) is 3.41. The van der Waals surface area contributed by atoms with Crippen LogP contribution in [0.5, 0.6) is 0 Å². The predicted molar refractivity (Wildman–Crippen MR) is 57.3 cm³/mol. The summed E-state index contributed by atoms with van der Waals surface area (Å²) >= 11 is 0. The van der Waals surface area contributed by atoms with E-state index in [1.165, 1.54) is 0 Å². The molecule has 5 nitrogen and oxygen atoms in total. The third-order valence-corrected chi connectivity index (χ3v) is 5.15. The van der Waals surface area contributed by atoms with E-state index in [0.717, 1.165) is 0 Å². The van der Waals surface area contributed by atoms with Gasteiger partial charge >= 0.3 is 0 Å². The SMILES string of the molecule is CC1OCCC1S(=O)(=O)CC(N)CCO. The molecule has 0 bridgehead atoms. The van der Waals surface area contributed by atoms with E-state index >= 15 is 0 Å². The minimum atomic E-state index is -3.19. The van der Waals surface area contributed by atoms with Gasteiger partial charge in [0.25, 0.3) is 0 Å². The topological polar surface area (TPSA) is 89.6 Å². The van der Waals surface area contributed by atoms with Gasteiger partial charge < -0.3 is 15.6 Å². The van der Waals surface area contributed by atoms with Gasteiger partial charge in [-0.3, -0.25) is 0 Å². The van der Waals surface area contributed by atoms with Crippen molar-refractivity contribution in [3.05, 3.63) is 0 Å². The summed E-state index contributed by atoms with van der Waals surface area (Å²) in [4.78, 5) is 0. The molecule has 0 aliphatic carbocycles. The van der Waals surface area contributed by atoms with Gasteiger partial charge in [-0.1, -0.05) is 0 Å². The Hall–Kier alpha value is -0.170. The quantitative estimate of drug-likeness (QED) is 0.659. The smallest absolute Gasteiger partial charge is 0.157 e. The third-order valence-electron chi connectivity index (χ3n) is 2.71. The Morgan fingerprint density at radius 1 is 1.60 bits per heavy atom. The van der Waals surface area contributed by atoms with Crippen LogP contribution in [0.1, 0.15) is 19.8 Å². The normalized spacial score (nSPS) is 29.3. The van der Waals surface area contributed by atoms with Gasteiger partial charge in [0.15, 0.2) is 9.84 Å². The number of rotatable bonds is 5. The average molecular weight is 237 g/mol. The molecule has 15 heavy (non-hydrogen) atoms. The van der Waals surface area contributed by atoms with E-state index in [4.69, 9.17) is 15.6 Å². The zero-order valence-electron chi connectivity index (χ0n) is 8.93. The lowest BCUT2D eigenvalue weighted by atomic mass is 10.2. The molecular weight excluding hydrogens is 218 g/mol. The fourth-order valence-corrected chi connectivity index (χ4v) is 3.98. The molecule has 0 aromatic rings. The van der Waals surface area contributed by atoms with Crippen molar-refractivity contribution < 1.29 is 18.3 Å². The van der Waals surface area contributed by atoms with E-state index in [-0.39, 0.29) is 18.5 Å². The molecule has 1 aliphatic rings. The molecule has 6 heteroatoms. The van der Waals surface area contributed by atoms with Crippen LogP contribution in [0.15, 0.2) is 0 Å². The van der Waals surface area contributed by atoms with Crippen molar-refractivity contribution in [3.8, 4) is 0 Å². The number of hydrogen-bond acceptors (Lipinski definition) is 5. The molecular formula is C9H19NO4S. The standard InChI is InChI=1S/C9H19NO4S/c1-7-9(3-5-14-7)15(12,13)6-8(10)2-4-11/h7-9,11H,2-6,10H2,1H3. The zero-order chi connectivity index (χ0) is 11.5. The highest BCUT2D eigenvalue weighted by atomic mass is 32.2. The first kappa shape index (κ1) is 12.9. The van der Waals surface area contributed by atoms with Crippen LogP contribution in [-0.4, -0.2) is 49.9 Å². The summed E-state index contributed by atoms with van der Waals surface area (Å²) in [6, 6.07) is -0.479. The molecule has 3 unspecified atom stereocenters. The maximum atomic E-state index is 11.9. The molecule has 0 amide bonds. The van der Waals surface area contributed by atoms with Gasteiger partial charge in [0.1, 0.15) is 0 Å². The van der Waals surface area contributed by atoms with Crippen LogP contribution in [0.4, 0.5) is 0 Å². The highest BCUT2D eigenvalue weighted by Crippen LogP contribution is 2.21. The Kier molecular flexibility index (Phi) is 4.51. The molecule has 1 rings (SSSR count). The second-order valence-corrected chi connectivity index (χ2v) is 6.27. The summed E-state index contributed by atoms with van der Waals surface area (Å²) in [5, 5.41) is 8.22. The lowest BCUT2D eigenvalue weighted by Gasteiger charge is -2.17. The molecule has 3 atom stereocenters. The Labute approximate surface area is 90.5 Å². The van der Waals surface area contributed by atoms with Crippen molar-refractivity contribution in [3.63, 3.8) is 0 Å². The number of sulfone groups is 1. The average Bonchev–Trinajstić information content (AvgIpc) is 2.51. The van der Waals surface area contributed by atoms with E-state index in [9.17, 15) is 8.42 Å². The lowest BCUT2D eigenvalue weighted by Crippen LogP contribution is -2.38. The summed E-state index contributed by atoms with van der Waals surface area (Å²) in [6.07, 6.45) is 0.632. The van der Waals surface area contributed by atoms with Crippen molar-refractivity contribution in [1.29, 1.82) is 0 Å². The number of aliphatic hydroxyl groups excluding tert-OH is 1. The minimum Gasteiger partial charge on any atom is -0.396 e. The summed E-state index contributed by atoms with van der Waals surface area (Å²) < 4.78 is 29.0. The molecule has 1 aliphatic heterocycles. The number of nitrogens with two attached hydrogens (primary N) is 1. The van der Waals surface area contributed by atoms with Crippen LogP contribution in [0.2, 0.25) is 0 Å². The largest absolute Gasteiger partial charge is 0.396 e. The van der Waals surface area contributed by atoms with Crippen LogP contribution in [0.3, 0.4) is 0 Å². The molecule has 1 saturated heterocycles. The molecule has 0 radical (unpaired) electrons. The molecule has 0 aromatic heterocycles. The highest BCUT2D eigenvalue weighted by molar-refractivity contribution is 7.92. The summed E-state index contributed by atoms with van der Waals surface area (Å²) in [5.74, 6) is -0.0636. The summed E-state index contributed by atoms with van der Waals surface area (Å²) in [5.41, 5.74) is 5.60. The van der Waals surface area contributed by atoms with E-state index in [2.05, 4.69) is 0 Å². The van der Waals surface area contributed by atoms with E-state index in [0.29, 0.717) is 19.4 Å². The van der Waals surface area contributed by atoms with Gasteiger partial charge in [0.2, 0.25) is 0 Å². The molecule has 0 saturated carbocycles. The second-order valence-electron chi connectivity index (χ2n) is 4.00. The van der Waals surface area contributed by atoms with Gasteiger partial charge in [-0.05, 0) is 19.8 Å². The van der Waals surface area contributed by atoms with Crippen LogP contribution in [-0.2, 0) is 14.6 Å². The van der Waals surface area contributed by atoms with Crippen LogP contribution in [0.25, 0.3) is 0 Å². The van der Waals surface area contributed by atoms with Gasteiger partial charge in [-0.2, -0.15) is 0 Å². The van der Waals surface area contributed by atoms with Crippen LogP contribution < -0.4 is 5.73 Å². The molecule has 0 aromatic carbocycles. The second kappa shape index (κ2) is 5.25. The lowest BCUT2D eigenvalue weighted by molar-refractivity contribution is 0.126. The van der Waals surface area contributed by atoms with Crippen molar-refractivity contribution in [2.24, 2.45) is 5.73 Å². The molecule has 0 spiro atoms. The zero-order valence-corrected chi connectivity index (χ0v) is 9.74. The fraction of sp³-hybridized carbons (Fsp3) is 1.00. The van der Waals surface area contributed by atoms with Crippen molar-refractivity contribution >= 4 is 9.84 Å². The first-order chi connectivity index (χ1) is 6.97. The van der Waals surface area contributed by atoms with E-state index in [1.807, 2.05) is 0 Å². The number of hydrogen-bond donors (Lipinski definition) is 2. The van der Waals surface area contributed by atoms with Gasteiger partial charge in [0.05, 0.1) is 17.1 Å². The van der Waals surface area contributed by atoms with Crippen molar-refractivity contribution in [2.45, 2.75) is 37.2 Å². The van der Waals surface area contributed by atoms with Crippen molar-refractivity contribution in [2.75, 3.05) is 19.0 Å². The fourth-order valence-electron chi connectivity index (χ4n) is 1.85. The number of aliphatic hydroxyl groups is 1. The molecule has 90 valence electrons. The van der Waals surface area contributed by atoms with Gasteiger partial charge in [0, 0.05) is 19.3 Å². The Morgan fingerprint density at radius 2 is 2.27 bits per heavy atom. The van der Waals surface area contributed by atoms with Crippen LogP contribution >= 0.6 is 0 Å². The number of ether oxygens (including phenoxy) is 1. The highest BCUT2D eigenvalue weighted by Gasteiger charge is 2.36. The first-order valence-corrected chi connectivity index (χ1v) is 6.88. The molecule has 1 heterocycles. The molecule has 1 fully saturated rings. The summed E-state index contributed by atoms with van der Waals surface area (Å²) in [6.45, 7) is 2.19. The Morgan fingerprint density at radius 3 is 2.73 bits per heavy atom.